The molecule has 0 aliphatic carbocycles. The van der Waals surface area contributed by atoms with Crippen LogP contribution in [0.4, 0.5) is 16.5 Å². The van der Waals surface area contributed by atoms with Crippen LogP contribution in [-0.4, -0.2) is 31.1 Å². The second-order valence-corrected chi connectivity index (χ2v) is 5.94. The molecule has 13 heteroatoms. The molecular weight excluding hydrogens is 338 g/mol. The topological polar surface area (TPSA) is 175 Å². The Balaban J connectivity index is 2.65. The third kappa shape index (κ3) is 3.09. The van der Waals surface area contributed by atoms with Crippen LogP contribution in [0.2, 0.25) is 0 Å². The second kappa shape index (κ2) is 5.90. The zero-order chi connectivity index (χ0) is 16.4. The molecule has 0 saturated heterocycles. The van der Waals surface area contributed by atoms with Gasteiger partial charge in [0.15, 0.2) is 4.34 Å². The Morgan fingerprint density at radius 2 is 1.95 bits per heavy atom. The predicted molar refractivity (Wildman–Crippen MR) is 75.2 cm³/mol. The van der Waals surface area contributed by atoms with Crippen molar-refractivity contribution < 1.29 is 19.7 Å². The van der Waals surface area contributed by atoms with Crippen molar-refractivity contribution in [1.29, 1.82) is 0 Å². The lowest BCUT2D eigenvalue weighted by atomic mass is 10.1. The molecule has 0 amide bonds. The molecule has 2 rings (SSSR count). The number of nitro groups is 2. The number of carbonyl (C=O) groups is 1. The Bertz CT molecular complexity index is 756. The summed E-state index contributed by atoms with van der Waals surface area (Å²) < 4.78 is 0.178. The first-order chi connectivity index (χ1) is 10.3. The minimum atomic E-state index is -1.54. The summed E-state index contributed by atoms with van der Waals surface area (Å²) in [4.78, 5) is 31.0. The largest absolute Gasteiger partial charge is 0.478 e. The molecule has 114 valence electrons. The SMILES string of the molecule is Nc1nnc(Sc2c(C(=O)O)cc([N+](=O)[O-])cc2[N+](=O)[O-])s1. The Morgan fingerprint density at radius 3 is 2.41 bits per heavy atom. The lowest BCUT2D eigenvalue weighted by molar-refractivity contribution is -0.396. The van der Waals surface area contributed by atoms with Crippen molar-refractivity contribution in [3.8, 4) is 0 Å². The van der Waals surface area contributed by atoms with E-state index in [0.717, 1.165) is 17.4 Å². The van der Waals surface area contributed by atoms with Crippen LogP contribution in [-0.2, 0) is 0 Å². The molecule has 1 aromatic heterocycles. The molecule has 22 heavy (non-hydrogen) atoms. The maximum atomic E-state index is 11.3. The quantitative estimate of drug-likeness (QED) is 0.601. The number of carboxylic acids is 1. The number of hydrogen-bond donors (Lipinski definition) is 2. The van der Waals surface area contributed by atoms with Gasteiger partial charge in [-0.05, 0) is 11.8 Å². The number of nitrogen functional groups attached to an aromatic ring is 1. The Labute approximate surface area is 129 Å². The molecule has 0 saturated carbocycles. The number of hydrogen-bond acceptors (Lipinski definition) is 10. The van der Waals surface area contributed by atoms with Gasteiger partial charge in [0.2, 0.25) is 5.13 Å². The molecule has 0 radical (unpaired) electrons. The number of aromatic carboxylic acids is 1. The van der Waals surface area contributed by atoms with E-state index in [-0.39, 0.29) is 14.4 Å². The molecule has 0 bridgehead atoms. The summed E-state index contributed by atoms with van der Waals surface area (Å²) in [6, 6.07) is 1.45. The molecule has 2 aromatic rings. The fourth-order valence-corrected chi connectivity index (χ4v) is 3.22. The number of non-ortho nitro benzene ring substituents is 1. The highest BCUT2D eigenvalue weighted by Crippen LogP contribution is 2.41. The van der Waals surface area contributed by atoms with E-state index in [9.17, 15) is 25.0 Å². The lowest BCUT2D eigenvalue weighted by Crippen LogP contribution is -2.04. The average Bonchev–Trinajstić information content (AvgIpc) is 2.83. The minimum Gasteiger partial charge on any atom is -0.478 e. The van der Waals surface area contributed by atoms with Gasteiger partial charge in [0.25, 0.3) is 11.4 Å². The summed E-state index contributed by atoms with van der Waals surface area (Å²) in [5.74, 6) is -1.54. The van der Waals surface area contributed by atoms with Gasteiger partial charge in [0.1, 0.15) is 4.90 Å². The fourth-order valence-electron chi connectivity index (χ4n) is 1.45. The Hall–Kier alpha value is -2.80. The van der Waals surface area contributed by atoms with Gasteiger partial charge in [0, 0.05) is 6.07 Å². The van der Waals surface area contributed by atoms with Crippen LogP contribution in [0.5, 0.6) is 0 Å². The number of nitrogens with two attached hydrogens (primary N) is 1. The van der Waals surface area contributed by atoms with Gasteiger partial charge in [-0.15, -0.1) is 10.2 Å². The Kier molecular flexibility index (Phi) is 4.18. The van der Waals surface area contributed by atoms with Crippen LogP contribution in [0.3, 0.4) is 0 Å². The van der Waals surface area contributed by atoms with Gasteiger partial charge in [-0.1, -0.05) is 11.3 Å². The van der Waals surface area contributed by atoms with E-state index in [0.29, 0.717) is 17.8 Å². The first kappa shape index (κ1) is 15.6. The van der Waals surface area contributed by atoms with Crippen molar-refractivity contribution in [3.05, 3.63) is 37.9 Å². The normalized spacial score (nSPS) is 10.4. The second-order valence-electron chi connectivity index (χ2n) is 3.67. The number of rotatable bonds is 5. The number of carboxylic acid groups (broad SMARTS) is 1. The van der Waals surface area contributed by atoms with Crippen molar-refractivity contribution in [1.82, 2.24) is 10.2 Å². The van der Waals surface area contributed by atoms with Crippen LogP contribution in [0.25, 0.3) is 0 Å². The molecule has 0 aliphatic heterocycles. The van der Waals surface area contributed by atoms with Gasteiger partial charge in [-0.25, -0.2) is 4.79 Å². The third-order valence-electron chi connectivity index (χ3n) is 2.30. The summed E-state index contributed by atoms with van der Waals surface area (Å²) in [6.45, 7) is 0. The number of nitrogens with zero attached hydrogens (tertiary/aromatic N) is 4. The van der Waals surface area contributed by atoms with Crippen molar-refractivity contribution >= 4 is 45.6 Å². The van der Waals surface area contributed by atoms with Gasteiger partial charge in [-0.2, -0.15) is 0 Å². The smallest absolute Gasteiger partial charge is 0.337 e. The molecule has 1 aromatic carbocycles. The number of benzene rings is 1. The molecule has 1 heterocycles. The van der Waals surface area contributed by atoms with Gasteiger partial charge in [0.05, 0.1) is 21.5 Å². The summed E-state index contributed by atoms with van der Waals surface area (Å²) in [5, 5.41) is 38.2. The highest BCUT2D eigenvalue weighted by Gasteiger charge is 2.28. The molecule has 0 spiro atoms. The summed E-state index contributed by atoms with van der Waals surface area (Å²) in [7, 11) is 0. The van der Waals surface area contributed by atoms with Crippen LogP contribution < -0.4 is 5.73 Å². The van der Waals surface area contributed by atoms with Crippen molar-refractivity contribution in [2.24, 2.45) is 0 Å². The van der Waals surface area contributed by atoms with Crippen molar-refractivity contribution in [3.63, 3.8) is 0 Å². The van der Waals surface area contributed by atoms with E-state index in [1.54, 1.807) is 0 Å². The highest BCUT2D eigenvalue weighted by molar-refractivity contribution is 8.01. The summed E-state index contributed by atoms with van der Waals surface area (Å²) in [6.07, 6.45) is 0. The monoisotopic (exact) mass is 343 g/mol. The van der Waals surface area contributed by atoms with E-state index >= 15 is 0 Å². The highest BCUT2D eigenvalue weighted by atomic mass is 32.2. The van der Waals surface area contributed by atoms with Crippen LogP contribution >= 0.6 is 23.1 Å². The van der Waals surface area contributed by atoms with E-state index in [1.165, 1.54) is 0 Å². The minimum absolute atomic E-state index is 0.101. The van der Waals surface area contributed by atoms with Gasteiger partial charge in [-0.3, -0.25) is 20.2 Å². The van der Waals surface area contributed by atoms with E-state index in [1.807, 2.05) is 0 Å². The molecule has 0 atom stereocenters. The predicted octanol–water partition coefficient (Wildman–Crippen LogP) is 1.79. The first-order valence-corrected chi connectivity index (χ1v) is 6.90. The molecular formula is C9H5N5O6S2. The molecule has 0 unspecified atom stereocenters. The summed E-state index contributed by atoms with van der Waals surface area (Å²) >= 11 is 1.56. The fraction of sp³-hybridized carbons (Fsp3) is 0. The molecule has 11 nitrogen and oxygen atoms in total. The number of anilines is 1. The standard InChI is InChI=1S/C9H5N5O6S2/c10-8-11-12-9(22-8)21-6-4(7(15)16)1-3(13(17)18)2-5(6)14(19)20/h1-2H,(H2,10,11)(H,15,16). The third-order valence-corrected chi connectivity index (χ3v) is 4.24. The average molecular weight is 343 g/mol. The zero-order valence-corrected chi connectivity index (χ0v) is 12.0. The maximum Gasteiger partial charge on any atom is 0.337 e. The van der Waals surface area contributed by atoms with Gasteiger partial charge >= 0.3 is 5.97 Å². The molecule has 0 aliphatic rings. The van der Waals surface area contributed by atoms with Crippen molar-refractivity contribution in [2.45, 2.75) is 9.24 Å². The Morgan fingerprint density at radius 1 is 1.27 bits per heavy atom. The van der Waals surface area contributed by atoms with Crippen molar-refractivity contribution in [2.75, 3.05) is 5.73 Å². The van der Waals surface area contributed by atoms with Crippen LogP contribution in [0.15, 0.2) is 21.4 Å². The number of nitro benzene ring substituents is 2. The molecule has 0 fully saturated rings. The zero-order valence-electron chi connectivity index (χ0n) is 10.3. The van der Waals surface area contributed by atoms with E-state index in [2.05, 4.69) is 10.2 Å². The molecule has 3 N–H and O–H groups in total. The van der Waals surface area contributed by atoms with Gasteiger partial charge < -0.3 is 10.8 Å². The lowest BCUT2D eigenvalue weighted by Gasteiger charge is -2.05. The van der Waals surface area contributed by atoms with Crippen LogP contribution in [0.1, 0.15) is 10.4 Å². The van der Waals surface area contributed by atoms with Crippen LogP contribution in [0, 0.1) is 20.2 Å². The first-order valence-electron chi connectivity index (χ1n) is 5.26. The van der Waals surface area contributed by atoms with E-state index < -0.39 is 32.8 Å². The maximum absolute atomic E-state index is 11.3. The number of aromatic nitrogens is 2. The van der Waals surface area contributed by atoms with E-state index in [4.69, 9.17) is 10.8 Å². The summed E-state index contributed by atoms with van der Waals surface area (Å²) in [5.41, 5.74) is 3.42.